The summed E-state index contributed by atoms with van der Waals surface area (Å²) in [6.45, 7) is 4.88. The molecule has 1 heterocycles. The first-order valence-corrected chi connectivity index (χ1v) is 10.1. The minimum absolute atomic E-state index is 0.0256. The Balaban J connectivity index is 1.71. The average molecular weight is 435 g/mol. The van der Waals surface area contributed by atoms with Gasteiger partial charge in [0.25, 0.3) is 0 Å². The lowest BCUT2D eigenvalue weighted by molar-refractivity contribution is -0.153. The highest BCUT2D eigenvalue weighted by Gasteiger charge is 2.41. The van der Waals surface area contributed by atoms with Crippen molar-refractivity contribution < 1.29 is 27.1 Å². The van der Waals surface area contributed by atoms with Crippen LogP contribution >= 0.6 is 0 Å². The second-order valence-electron chi connectivity index (χ2n) is 7.94. The first-order valence-electron chi connectivity index (χ1n) is 10.1. The van der Waals surface area contributed by atoms with Gasteiger partial charge in [-0.1, -0.05) is 30.3 Å². The number of amides is 1. The van der Waals surface area contributed by atoms with Crippen LogP contribution in [0.25, 0.3) is 0 Å². The molecule has 2 aromatic rings. The molecule has 0 spiro atoms. The number of alkyl halides is 3. The number of rotatable bonds is 7. The van der Waals surface area contributed by atoms with Gasteiger partial charge >= 0.3 is 6.18 Å². The van der Waals surface area contributed by atoms with E-state index in [1.165, 1.54) is 24.3 Å². The topological polar surface area (TPSA) is 29.5 Å². The molecule has 1 aliphatic rings. The fourth-order valence-electron chi connectivity index (χ4n) is 4.15. The molecule has 0 radical (unpaired) electrons. The molecule has 3 nitrogen and oxygen atoms in total. The van der Waals surface area contributed by atoms with Gasteiger partial charge in [-0.15, -0.1) is 6.58 Å². The highest BCUT2D eigenvalue weighted by atomic mass is 19.4. The van der Waals surface area contributed by atoms with Crippen LogP contribution in [0.3, 0.4) is 0 Å². The Kier molecular flexibility index (Phi) is 6.72. The van der Waals surface area contributed by atoms with Crippen molar-refractivity contribution in [2.75, 3.05) is 13.2 Å². The van der Waals surface area contributed by atoms with Crippen LogP contribution in [0.15, 0.2) is 61.2 Å². The third-order valence-electron chi connectivity index (χ3n) is 5.87. The molecule has 2 atom stereocenters. The van der Waals surface area contributed by atoms with Crippen molar-refractivity contribution in [2.45, 2.75) is 43.8 Å². The van der Waals surface area contributed by atoms with Crippen LogP contribution in [0.1, 0.15) is 43.4 Å². The molecule has 1 amide bonds. The Morgan fingerprint density at radius 2 is 1.81 bits per heavy atom. The second-order valence-corrected chi connectivity index (χ2v) is 7.94. The summed E-state index contributed by atoms with van der Waals surface area (Å²) in [7, 11) is 0. The number of likely N-dealkylation sites (tertiary alicyclic amines) is 1. The van der Waals surface area contributed by atoms with Gasteiger partial charge in [-0.3, -0.25) is 4.79 Å². The Labute approximate surface area is 179 Å². The number of benzene rings is 2. The van der Waals surface area contributed by atoms with Crippen LogP contribution in [0.5, 0.6) is 5.75 Å². The number of nitrogens with zero attached hydrogens (tertiary/aromatic N) is 1. The summed E-state index contributed by atoms with van der Waals surface area (Å²) < 4.78 is 55.0. The first kappa shape index (κ1) is 22.8. The summed E-state index contributed by atoms with van der Waals surface area (Å²) in [6.07, 6.45) is -1.02. The van der Waals surface area contributed by atoms with Gasteiger partial charge in [0, 0.05) is 18.4 Å². The van der Waals surface area contributed by atoms with E-state index in [1.54, 1.807) is 35.2 Å². The van der Waals surface area contributed by atoms with Crippen molar-refractivity contribution in [1.29, 1.82) is 0 Å². The van der Waals surface area contributed by atoms with E-state index in [1.807, 2.05) is 6.92 Å². The predicted molar refractivity (Wildman–Crippen MR) is 110 cm³/mol. The zero-order chi connectivity index (χ0) is 22.6. The van der Waals surface area contributed by atoms with E-state index in [4.69, 9.17) is 4.74 Å². The zero-order valence-electron chi connectivity index (χ0n) is 17.3. The molecule has 7 heteroatoms. The Bertz CT molecular complexity index is 909. The van der Waals surface area contributed by atoms with Gasteiger partial charge in [0.15, 0.2) is 6.61 Å². The van der Waals surface area contributed by atoms with Crippen molar-refractivity contribution in [3.63, 3.8) is 0 Å². The molecule has 0 bridgehead atoms. The van der Waals surface area contributed by atoms with E-state index >= 15 is 0 Å². The lowest BCUT2D eigenvalue weighted by Crippen LogP contribution is -2.47. The van der Waals surface area contributed by atoms with E-state index in [9.17, 15) is 22.4 Å². The van der Waals surface area contributed by atoms with Gasteiger partial charge in [0.05, 0.1) is 6.04 Å². The summed E-state index contributed by atoms with van der Waals surface area (Å²) in [5.41, 5.74) is 1.31. The standard InChI is InChI=1S/C24H25F4NO2/c1-3-12-23(19-6-8-20(25)9-7-19)13-14-29(22(30)15-23)17(2)18-4-10-21(11-5-18)31-16-24(26,27)28/h3-11,17H,1,12-16H2,2H3/t17-,23-/m0/s1. The number of carbonyl (C=O) groups is 1. The van der Waals surface area contributed by atoms with E-state index in [0.717, 1.165) is 11.1 Å². The number of allylic oxidation sites excluding steroid dienone is 1. The van der Waals surface area contributed by atoms with Crippen LogP contribution < -0.4 is 4.74 Å². The van der Waals surface area contributed by atoms with Gasteiger partial charge in [-0.05, 0) is 55.2 Å². The van der Waals surface area contributed by atoms with E-state index < -0.39 is 18.2 Å². The summed E-state index contributed by atoms with van der Waals surface area (Å²) in [5, 5.41) is 0. The highest BCUT2D eigenvalue weighted by Crippen LogP contribution is 2.41. The molecule has 2 aromatic carbocycles. The molecule has 1 fully saturated rings. The molecule has 1 saturated heterocycles. The highest BCUT2D eigenvalue weighted by molar-refractivity contribution is 5.79. The van der Waals surface area contributed by atoms with E-state index in [2.05, 4.69) is 6.58 Å². The lowest BCUT2D eigenvalue weighted by atomic mass is 9.70. The molecular weight excluding hydrogens is 410 g/mol. The lowest BCUT2D eigenvalue weighted by Gasteiger charge is -2.43. The third kappa shape index (κ3) is 5.46. The van der Waals surface area contributed by atoms with Gasteiger partial charge in [-0.2, -0.15) is 13.2 Å². The monoisotopic (exact) mass is 435 g/mol. The Morgan fingerprint density at radius 1 is 1.16 bits per heavy atom. The van der Waals surface area contributed by atoms with Crippen LogP contribution in [0, 0.1) is 5.82 Å². The fraction of sp³-hybridized carbons (Fsp3) is 0.375. The predicted octanol–water partition coefficient (Wildman–Crippen LogP) is 5.96. The molecule has 0 aromatic heterocycles. The van der Waals surface area contributed by atoms with Gasteiger partial charge in [0.1, 0.15) is 11.6 Å². The van der Waals surface area contributed by atoms with Crippen molar-refractivity contribution in [3.05, 3.63) is 78.1 Å². The molecule has 0 N–H and O–H groups in total. The number of hydrogen-bond donors (Lipinski definition) is 0. The number of ether oxygens (including phenoxy) is 1. The quantitative estimate of drug-likeness (QED) is 0.396. The fourth-order valence-corrected chi connectivity index (χ4v) is 4.15. The van der Waals surface area contributed by atoms with Crippen LogP contribution in [0.4, 0.5) is 17.6 Å². The van der Waals surface area contributed by atoms with Crippen molar-refractivity contribution >= 4 is 5.91 Å². The molecule has 31 heavy (non-hydrogen) atoms. The number of piperidine rings is 1. The number of halogens is 4. The normalized spacial score (nSPS) is 20.4. The van der Waals surface area contributed by atoms with Gasteiger partial charge in [-0.25, -0.2) is 4.39 Å². The van der Waals surface area contributed by atoms with Crippen LogP contribution in [0.2, 0.25) is 0 Å². The summed E-state index contributed by atoms with van der Waals surface area (Å²) in [5.74, 6) is -0.223. The van der Waals surface area contributed by atoms with Crippen molar-refractivity contribution in [1.82, 2.24) is 4.90 Å². The third-order valence-corrected chi connectivity index (χ3v) is 5.87. The SMILES string of the molecule is C=CC[C@]1(c2ccc(F)cc2)CCN([C@@H](C)c2ccc(OCC(F)(F)F)cc2)C(=O)C1. The smallest absolute Gasteiger partial charge is 0.422 e. The zero-order valence-corrected chi connectivity index (χ0v) is 17.3. The minimum atomic E-state index is -4.39. The Hall–Kier alpha value is -2.83. The molecule has 3 rings (SSSR count). The summed E-state index contributed by atoms with van der Waals surface area (Å²) >= 11 is 0. The van der Waals surface area contributed by atoms with Crippen molar-refractivity contribution in [3.8, 4) is 5.75 Å². The maximum atomic E-state index is 13.4. The van der Waals surface area contributed by atoms with E-state index in [0.29, 0.717) is 19.4 Å². The van der Waals surface area contributed by atoms with Crippen molar-refractivity contribution in [2.24, 2.45) is 0 Å². The minimum Gasteiger partial charge on any atom is -0.484 e. The summed E-state index contributed by atoms with van der Waals surface area (Å²) in [4.78, 5) is 14.9. The van der Waals surface area contributed by atoms with E-state index in [-0.39, 0.29) is 29.9 Å². The van der Waals surface area contributed by atoms with Crippen LogP contribution in [-0.4, -0.2) is 30.1 Å². The van der Waals surface area contributed by atoms with Crippen LogP contribution in [-0.2, 0) is 10.2 Å². The molecule has 0 aliphatic carbocycles. The first-order chi connectivity index (χ1) is 14.6. The molecule has 1 aliphatic heterocycles. The summed E-state index contributed by atoms with van der Waals surface area (Å²) in [6, 6.07) is 12.3. The Morgan fingerprint density at radius 3 is 2.35 bits per heavy atom. The maximum Gasteiger partial charge on any atom is 0.422 e. The molecular formula is C24H25F4NO2. The van der Waals surface area contributed by atoms with Gasteiger partial charge < -0.3 is 9.64 Å². The largest absolute Gasteiger partial charge is 0.484 e. The number of hydrogen-bond acceptors (Lipinski definition) is 2. The second kappa shape index (κ2) is 9.12. The number of carbonyl (C=O) groups excluding carboxylic acids is 1. The average Bonchev–Trinajstić information content (AvgIpc) is 2.72. The molecule has 0 saturated carbocycles. The molecule has 166 valence electrons. The van der Waals surface area contributed by atoms with Gasteiger partial charge in [0.2, 0.25) is 5.91 Å². The maximum absolute atomic E-state index is 13.4. The molecule has 0 unspecified atom stereocenters.